The summed E-state index contributed by atoms with van der Waals surface area (Å²) in [5.41, 5.74) is 1.67. The van der Waals surface area contributed by atoms with E-state index in [1.165, 1.54) is 30.1 Å². The number of ether oxygens (including phenoxy) is 1. The largest absolute Gasteiger partial charge is 0.462 e. The predicted molar refractivity (Wildman–Crippen MR) is 146 cm³/mol. The Kier molecular flexibility index (Phi) is 9.48. The quantitative estimate of drug-likeness (QED) is 0.223. The first-order chi connectivity index (χ1) is 17.5. The molecule has 0 bridgehead atoms. The second kappa shape index (κ2) is 12.4. The minimum Gasteiger partial charge on any atom is -0.462 e. The van der Waals surface area contributed by atoms with Gasteiger partial charge in [-0.2, -0.15) is 9.78 Å². The van der Waals surface area contributed by atoms with Gasteiger partial charge in [0.05, 0.1) is 22.8 Å². The van der Waals surface area contributed by atoms with Crippen molar-refractivity contribution in [3.8, 4) is 5.82 Å². The smallest absolute Gasteiger partial charge is 0.339 e. The second-order valence-corrected chi connectivity index (χ2v) is 12.0. The summed E-state index contributed by atoms with van der Waals surface area (Å²) in [6.07, 6.45) is 8.11. The number of aryl methyl sites for hydroxylation is 1. The highest BCUT2D eigenvalue weighted by molar-refractivity contribution is 7.92. The highest BCUT2D eigenvalue weighted by Crippen LogP contribution is 2.27. The minimum atomic E-state index is -3.85. The van der Waals surface area contributed by atoms with E-state index in [-0.39, 0.29) is 16.1 Å². The molecule has 8 nitrogen and oxygen atoms in total. The average Bonchev–Trinajstić information content (AvgIpc) is 3.27. The van der Waals surface area contributed by atoms with E-state index >= 15 is 0 Å². The van der Waals surface area contributed by atoms with Crippen LogP contribution >= 0.6 is 0 Å². The third-order valence-electron chi connectivity index (χ3n) is 5.98. The zero-order valence-corrected chi connectivity index (χ0v) is 23.3. The molecule has 0 aliphatic carbocycles. The Morgan fingerprint density at radius 1 is 1.00 bits per heavy atom. The van der Waals surface area contributed by atoms with Gasteiger partial charge in [-0.25, -0.2) is 18.2 Å². The van der Waals surface area contributed by atoms with Crippen LogP contribution in [0.2, 0.25) is 0 Å². The van der Waals surface area contributed by atoms with Gasteiger partial charge in [0, 0.05) is 17.7 Å². The molecule has 3 aromatic rings. The van der Waals surface area contributed by atoms with E-state index < -0.39 is 16.0 Å². The van der Waals surface area contributed by atoms with Crippen molar-refractivity contribution in [2.75, 3.05) is 11.3 Å². The van der Waals surface area contributed by atoms with Gasteiger partial charge in [0.15, 0.2) is 5.82 Å². The number of benzene rings is 1. The Morgan fingerprint density at radius 3 is 2.30 bits per heavy atom. The predicted octanol–water partition coefficient (Wildman–Crippen LogP) is 6.19. The highest BCUT2D eigenvalue weighted by Gasteiger charge is 2.24. The lowest BCUT2D eigenvalue weighted by Gasteiger charge is -2.14. The van der Waals surface area contributed by atoms with Gasteiger partial charge in [-0.05, 0) is 37.6 Å². The lowest BCUT2D eigenvalue weighted by atomic mass is 9.92. The highest BCUT2D eigenvalue weighted by atomic mass is 32.2. The van der Waals surface area contributed by atoms with Crippen molar-refractivity contribution < 1.29 is 17.9 Å². The van der Waals surface area contributed by atoms with Gasteiger partial charge >= 0.3 is 5.97 Å². The number of esters is 1. The van der Waals surface area contributed by atoms with Crippen LogP contribution in [-0.2, 0) is 20.2 Å². The van der Waals surface area contributed by atoms with E-state index in [4.69, 9.17) is 4.74 Å². The van der Waals surface area contributed by atoms with Crippen LogP contribution < -0.4 is 4.72 Å². The number of nitrogens with zero attached hydrogens (tertiary/aromatic N) is 3. The third kappa shape index (κ3) is 7.89. The van der Waals surface area contributed by atoms with Gasteiger partial charge in [0.1, 0.15) is 5.82 Å². The molecule has 0 saturated heterocycles. The fourth-order valence-corrected chi connectivity index (χ4v) is 4.70. The molecule has 0 unspecified atom stereocenters. The summed E-state index contributed by atoms with van der Waals surface area (Å²) < 4.78 is 35.6. The molecule has 0 spiro atoms. The lowest BCUT2D eigenvalue weighted by Crippen LogP contribution is -2.16. The molecule has 0 fully saturated rings. The molecule has 0 aliphatic heterocycles. The number of sulfonamides is 1. The molecular weight excluding hydrogens is 488 g/mol. The molecule has 2 heterocycles. The van der Waals surface area contributed by atoms with Gasteiger partial charge in [-0.3, -0.25) is 4.72 Å². The number of unbranched alkanes of at least 4 members (excludes halogenated alkanes) is 5. The number of anilines is 1. The van der Waals surface area contributed by atoms with E-state index in [0.717, 1.165) is 24.8 Å². The van der Waals surface area contributed by atoms with E-state index in [1.807, 2.05) is 27.7 Å². The monoisotopic (exact) mass is 526 g/mol. The first-order valence-electron chi connectivity index (χ1n) is 12.8. The van der Waals surface area contributed by atoms with Crippen molar-refractivity contribution in [2.24, 2.45) is 0 Å². The topological polar surface area (TPSA) is 103 Å². The number of pyridine rings is 1. The summed E-state index contributed by atoms with van der Waals surface area (Å²) in [4.78, 5) is 17.0. The number of carbonyl (C=O) groups excluding carboxylic acids is 1. The number of rotatable bonds is 12. The summed E-state index contributed by atoms with van der Waals surface area (Å²) in [5.74, 6) is 0.213. The first-order valence-corrected chi connectivity index (χ1v) is 14.3. The molecule has 0 atom stereocenters. The summed E-state index contributed by atoms with van der Waals surface area (Å²) in [6, 6.07) is 11.6. The lowest BCUT2D eigenvalue weighted by molar-refractivity contribution is 0.0497. The van der Waals surface area contributed by atoms with E-state index in [9.17, 15) is 13.2 Å². The molecular formula is C28H38N4O4S. The van der Waals surface area contributed by atoms with Gasteiger partial charge < -0.3 is 4.74 Å². The molecule has 1 aromatic carbocycles. The SMILES string of the molecule is CCCCCCCCOC(=O)c1ccc(-n2nc(C(C)(C)C)cc2NS(=O)(=O)c2ccc(C)cc2)nc1. The van der Waals surface area contributed by atoms with E-state index in [2.05, 4.69) is 21.7 Å². The fraction of sp³-hybridized carbons (Fsp3) is 0.464. The maximum Gasteiger partial charge on any atom is 0.339 e. The Labute approximate surface area is 220 Å². The van der Waals surface area contributed by atoms with Crippen molar-refractivity contribution in [1.29, 1.82) is 0 Å². The molecule has 200 valence electrons. The van der Waals surface area contributed by atoms with E-state index in [1.54, 1.807) is 42.5 Å². The summed E-state index contributed by atoms with van der Waals surface area (Å²) in [7, 11) is -3.85. The maximum absolute atomic E-state index is 13.1. The Morgan fingerprint density at radius 2 is 1.68 bits per heavy atom. The van der Waals surface area contributed by atoms with Crippen LogP contribution in [0.25, 0.3) is 5.82 Å². The van der Waals surface area contributed by atoms with Crippen LogP contribution in [0.4, 0.5) is 5.82 Å². The molecule has 0 saturated carbocycles. The first kappa shape index (κ1) is 28.4. The molecule has 2 aromatic heterocycles. The average molecular weight is 527 g/mol. The van der Waals surface area contributed by atoms with Crippen LogP contribution in [-0.4, -0.2) is 35.8 Å². The van der Waals surface area contributed by atoms with Crippen molar-refractivity contribution in [1.82, 2.24) is 14.8 Å². The molecule has 0 radical (unpaired) electrons. The van der Waals surface area contributed by atoms with Gasteiger partial charge in [-0.1, -0.05) is 77.5 Å². The zero-order valence-electron chi connectivity index (χ0n) is 22.5. The maximum atomic E-state index is 13.1. The van der Waals surface area contributed by atoms with Gasteiger partial charge in [0.25, 0.3) is 10.0 Å². The van der Waals surface area contributed by atoms with Crippen molar-refractivity contribution in [3.63, 3.8) is 0 Å². The number of nitrogens with one attached hydrogen (secondary N) is 1. The van der Waals surface area contributed by atoms with Crippen LogP contribution in [0.15, 0.2) is 53.6 Å². The molecule has 9 heteroatoms. The third-order valence-corrected chi connectivity index (χ3v) is 7.35. The number of aromatic nitrogens is 3. The molecule has 0 amide bonds. The number of hydrogen-bond acceptors (Lipinski definition) is 6. The molecule has 37 heavy (non-hydrogen) atoms. The molecule has 1 N–H and O–H groups in total. The Hall–Kier alpha value is -3.20. The standard InChI is InChI=1S/C28H38N4O4S/c1-6-7-8-9-10-11-18-36-27(33)22-14-17-25(29-20-22)32-26(19-24(30-32)28(3,4)5)31-37(34,35)23-15-12-21(2)13-16-23/h12-17,19-20,31H,6-11,18H2,1-5H3. The minimum absolute atomic E-state index is 0.152. The molecule has 0 aliphatic rings. The normalized spacial score (nSPS) is 11.9. The zero-order chi connectivity index (χ0) is 27.1. The van der Waals surface area contributed by atoms with Crippen molar-refractivity contribution in [2.45, 2.75) is 83.5 Å². The van der Waals surface area contributed by atoms with Crippen LogP contribution in [0.3, 0.4) is 0 Å². The van der Waals surface area contributed by atoms with Gasteiger partial charge in [-0.15, -0.1) is 0 Å². The van der Waals surface area contributed by atoms with Crippen LogP contribution in [0.5, 0.6) is 0 Å². The van der Waals surface area contributed by atoms with Gasteiger partial charge in [0.2, 0.25) is 0 Å². The summed E-state index contributed by atoms with van der Waals surface area (Å²) in [6.45, 7) is 10.4. The summed E-state index contributed by atoms with van der Waals surface area (Å²) >= 11 is 0. The second-order valence-electron chi connectivity index (χ2n) is 10.3. The molecule has 3 rings (SSSR count). The Bertz CT molecular complexity index is 1280. The van der Waals surface area contributed by atoms with Crippen LogP contribution in [0.1, 0.15) is 87.8 Å². The Balaban J connectivity index is 1.76. The van der Waals surface area contributed by atoms with Crippen LogP contribution in [0, 0.1) is 6.92 Å². The number of hydrogen-bond donors (Lipinski definition) is 1. The van der Waals surface area contributed by atoms with Crippen molar-refractivity contribution >= 4 is 21.8 Å². The van der Waals surface area contributed by atoms with Crippen molar-refractivity contribution in [3.05, 3.63) is 65.5 Å². The summed E-state index contributed by atoms with van der Waals surface area (Å²) in [5, 5.41) is 4.62. The fourth-order valence-electron chi connectivity index (χ4n) is 3.67. The van der Waals surface area contributed by atoms with E-state index in [0.29, 0.717) is 23.7 Å². The number of carbonyl (C=O) groups is 1.